The molecule has 39 heavy (non-hydrogen) atoms. The van der Waals surface area contributed by atoms with E-state index in [0.29, 0.717) is 39.6 Å². The van der Waals surface area contributed by atoms with Crippen LogP contribution >= 0.6 is 23.4 Å². The first-order chi connectivity index (χ1) is 19.0. The van der Waals surface area contributed by atoms with Crippen LogP contribution in [0.15, 0.2) is 88.8 Å². The third kappa shape index (κ3) is 4.84. The van der Waals surface area contributed by atoms with Crippen molar-refractivity contribution in [1.29, 1.82) is 0 Å². The summed E-state index contributed by atoms with van der Waals surface area (Å²) in [4.78, 5) is 13.4. The van der Waals surface area contributed by atoms with Crippen molar-refractivity contribution in [3.05, 3.63) is 100 Å². The van der Waals surface area contributed by atoms with E-state index < -0.39 is 0 Å². The van der Waals surface area contributed by atoms with Crippen LogP contribution in [0.3, 0.4) is 0 Å². The maximum atomic E-state index is 13.4. The van der Waals surface area contributed by atoms with Crippen molar-refractivity contribution in [2.45, 2.75) is 37.7 Å². The van der Waals surface area contributed by atoms with Crippen LogP contribution in [0.1, 0.15) is 26.1 Å². The highest BCUT2D eigenvalue weighted by molar-refractivity contribution is 7.98. The Labute approximate surface area is 234 Å². The highest BCUT2D eigenvalue weighted by Gasteiger charge is 2.20. The Hall–Kier alpha value is -3.95. The average Bonchev–Trinajstić information content (AvgIpc) is 3.57. The van der Waals surface area contributed by atoms with E-state index in [2.05, 4.69) is 34.2 Å². The summed E-state index contributed by atoms with van der Waals surface area (Å²) in [6.45, 7) is 4.88. The first-order valence-electron chi connectivity index (χ1n) is 12.8. The zero-order valence-corrected chi connectivity index (χ0v) is 23.1. The molecule has 8 nitrogen and oxygen atoms in total. The quantitative estimate of drug-likeness (QED) is 0.205. The van der Waals surface area contributed by atoms with Gasteiger partial charge in [-0.1, -0.05) is 79.7 Å². The third-order valence-corrected chi connectivity index (χ3v) is 7.76. The molecule has 0 N–H and O–H groups in total. The van der Waals surface area contributed by atoms with Gasteiger partial charge in [0, 0.05) is 22.8 Å². The van der Waals surface area contributed by atoms with E-state index in [1.165, 1.54) is 11.8 Å². The number of para-hydroxylation sites is 1. The molecule has 3 aromatic carbocycles. The Bertz CT molecular complexity index is 1820. The van der Waals surface area contributed by atoms with Crippen LogP contribution < -0.4 is 5.56 Å². The molecule has 196 valence electrons. The Kier molecular flexibility index (Phi) is 6.93. The van der Waals surface area contributed by atoms with Crippen LogP contribution in [0.2, 0.25) is 5.02 Å². The summed E-state index contributed by atoms with van der Waals surface area (Å²) in [5.41, 5.74) is 2.62. The Morgan fingerprint density at radius 3 is 2.38 bits per heavy atom. The first kappa shape index (κ1) is 25.3. The molecule has 0 unspecified atom stereocenters. The highest BCUT2D eigenvalue weighted by atomic mass is 35.5. The number of hydrogen-bond donors (Lipinski definition) is 0. The zero-order chi connectivity index (χ0) is 26.9. The van der Waals surface area contributed by atoms with Crippen molar-refractivity contribution in [1.82, 2.24) is 33.9 Å². The van der Waals surface area contributed by atoms with Crippen molar-refractivity contribution in [2.75, 3.05) is 0 Å². The summed E-state index contributed by atoms with van der Waals surface area (Å²) in [5.74, 6) is 2.96. The minimum atomic E-state index is -0.0414. The number of nitrogens with zero attached hydrogens (tertiary/aromatic N) is 7. The van der Waals surface area contributed by atoms with Gasteiger partial charge in [0.05, 0.1) is 16.7 Å². The van der Waals surface area contributed by atoms with Gasteiger partial charge in [-0.3, -0.25) is 18.3 Å². The van der Waals surface area contributed by atoms with E-state index in [9.17, 15) is 4.79 Å². The zero-order valence-electron chi connectivity index (χ0n) is 21.5. The molecular weight excluding hydrogens is 530 g/mol. The van der Waals surface area contributed by atoms with Gasteiger partial charge in [0.25, 0.3) is 5.56 Å². The van der Waals surface area contributed by atoms with Crippen LogP contribution in [0, 0.1) is 5.92 Å². The number of fused-ring (bicyclic) bond motifs is 3. The molecule has 0 radical (unpaired) electrons. The van der Waals surface area contributed by atoms with Crippen LogP contribution in [-0.4, -0.2) is 33.9 Å². The van der Waals surface area contributed by atoms with E-state index in [0.717, 1.165) is 34.8 Å². The van der Waals surface area contributed by atoms with Crippen LogP contribution in [0.25, 0.3) is 33.8 Å². The van der Waals surface area contributed by atoms with Gasteiger partial charge in [0.15, 0.2) is 11.0 Å². The lowest BCUT2D eigenvalue weighted by Gasteiger charge is -2.13. The second-order valence-corrected chi connectivity index (χ2v) is 11.1. The van der Waals surface area contributed by atoms with E-state index in [4.69, 9.17) is 11.6 Å². The van der Waals surface area contributed by atoms with Gasteiger partial charge in [-0.15, -0.1) is 20.4 Å². The maximum absolute atomic E-state index is 13.4. The molecule has 0 spiro atoms. The fourth-order valence-electron chi connectivity index (χ4n) is 4.59. The van der Waals surface area contributed by atoms with Crippen molar-refractivity contribution >= 4 is 40.0 Å². The normalized spacial score (nSPS) is 11.7. The smallest absolute Gasteiger partial charge is 0.262 e. The molecular formula is C29H26ClN7OS. The van der Waals surface area contributed by atoms with Crippen molar-refractivity contribution in [3.63, 3.8) is 0 Å². The second kappa shape index (κ2) is 10.7. The van der Waals surface area contributed by atoms with Gasteiger partial charge >= 0.3 is 0 Å². The van der Waals surface area contributed by atoms with Gasteiger partial charge in [-0.05, 0) is 48.7 Å². The molecule has 0 saturated heterocycles. The topological polar surface area (TPSA) is 82.9 Å². The summed E-state index contributed by atoms with van der Waals surface area (Å²) in [6.07, 6.45) is 0.872. The SMILES string of the molecule is CC(C)CCn1c(=O)c2ccccc2n2c(CSc3nnc(-c4ccccc4)n3-c3ccc(Cl)cc3)nnc12. The van der Waals surface area contributed by atoms with E-state index in [-0.39, 0.29) is 5.56 Å². The minimum absolute atomic E-state index is 0.0414. The summed E-state index contributed by atoms with van der Waals surface area (Å²) < 4.78 is 5.76. The average molecular weight is 556 g/mol. The number of halogens is 1. The number of aryl methyl sites for hydroxylation is 1. The number of hydrogen-bond acceptors (Lipinski definition) is 6. The molecule has 3 aromatic heterocycles. The Balaban J connectivity index is 1.43. The molecule has 3 heterocycles. The van der Waals surface area contributed by atoms with Gasteiger partial charge < -0.3 is 0 Å². The second-order valence-electron chi connectivity index (χ2n) is 9.68. The van der Waals surface area contributed by atoms with Crippen LogP contribution in [-0.2, 0) is 12.3 Å². The van der Waals surface area contributed by atoms with Crippen molar-refractivity contribution in [3.8, 4) is 17.1 Å². The van der Waals surface area contributed by atoms with Gasteiger partial charge in [0.2, 0.25) is 5.78 Å². The molecule has 0 aliphatic heterocycles. The predicted octanol–water partition coefficient (Wildman–Crippen LogP) is 6.28. The lowest BCUT2D eigenvalue weighted by Crippen LogP contribution is -2.24. The van der Waals surface area contributed by atoms with E-state index in [1.54, 1.807) is 4.57 Å². The summed E-state index contributed by atoms with van der Waals surface area (Å²) >= 11 is 7.69. The van der Waals surface area contributed by atoms with Gasteiger partial charge in [-0.25, -0.2) is 0 Å². The van der Waals surface area contributed by atoms with E-state index >= 15 is 0 Å². The summed E-state index contributed by atoms with van der Waals surface area (Å²) in [5, 5.41) is 20.1. The van der Waals surface area contributed by atoms with Crippen LogP contribution in [0.4, 0.5) is 0 Å². The number of rotatable bonds is 8. The first-order valence-corrected chi connectivity index (χ1v) is 14.1. The Morgan fingerprint density at radius 1 is 0.872 bits per heavy atom. The number of thioether (sulfide) groups is 1. The maximum Gasteiger partial charge on any atom is 0.262 e. The van der Waals surface area contributed by atoms with E-state index in [1.807, 2.05) is 87.8 Å². The lowest BCUT2D eigenvalue weighted by molar-refractivity contribution is 0.512. The fraction of sp³-hybridized carbons (Fsp3) is 0.207. The molecule has 0 amide bonds. The third-order valence-electron chi connectivity index (χ3n) is 6.59. The molecule has 0 atom stereocenters. The molecule has 0 fully saturated rings. The number of aromatic nitrogens is 7. The predicted molar refractivity (Wildman–Crippen MR) is 156 cm³/mol. The van der Waals surface area contributed by atoms with Gasteiger partial charge in [-0.2, -0.15) is 0 Å². The molecule has 10 heteroatoms. The highest BCUT2D eigenvalue weighted by Crippen LogP contribution is 2.30. The number of benzene rings is 3. The molecule has 0 aliphatic carbocycles. The molecule has 0 aliphatic rings. The molecule has 0 saturated carbocycles. The molecule has 6 rings (SSSR count). The standard InChI is InChI=1S/C29H26ClN7OS/c1-19(2)16-17-35-27(38)23-10-6-7-11-24(23)37-25(31-33-28(35)37)18-39-29-34-32-26(20-8-4-3-5-9-20)36(29)22-14-12-21(30)13-15-22/h3-15,19H,16-18H2,1-2H3. The Morgan fingerprint density at radius 2 is 1.62 bits per heavy atom. The molecule has 6 aromatic rings. The largest absolute Gasteiger partial charge is 0.276 e. The minimum Gasteiger partial charge on any atom is -0.276 e. The molecule has 0 bridgehead atoms. The summed E-state index contributed by atoms with van der Waals surface area (Å²) in [6, 6.07) is 25.2. The summed E-state index contributed by atoms with van der Waals surface area (Å²) in [7, 11) is 0. The monoisotopic (exact) mass is 555 g/mol. The lowest BCUT2D eigenvalue weighted by atomic mass is 10.1. The van der Waals surface area contributed by atoms with Crippen molar-refractivity contribution in [2.24, 2.45) is 5.92 Å². The van der Waals surface area contributed by atoms with Gasteiger partial charge in [0.1, 0.15) is 5.82 Å². The van der Waals surface area contributed by atoms with Crippen LogP contribution in [0.5, 0.6) is 0 Å². The van der Waals surface area contributed by atoms with Crippen molar-refractivity contribution < 1.29 is 0 Å². The fourth-order valence-corrected chi connectivity index (χ4v) is 5.58.